The summed E-state index contributed by atoms with van der Waals surface area (Å²) in [6, 6.07) is 11.5. The number of carbonyl (C=O) groups excluding carboxylic acids is 1. The lowest BCUT2D eigenvalue weighted by Gasteiger charge is -2.04. The molecule has 0 aliphatic heterocycles. The number of hydrogen-bond donors (Lipinski definition) is 0. The molecule has 2 aromatic heterocycles. The monoisotopic (exact) mass is 305 g/mol. The van der Waals surface area contributed by atoms with Gasteiger partial charge in [0.2, 0.25) is 0 Å². The number of hydrogen-bond acceptors (Lipinski definition) is 2. The lowest BCUT2D eigenvalue weighted by Crippen LogP contribution is -1.97. The van der Waals surface area contributed by atoms with Gasteiger partial charge in [-0.1, -0.05) is 12.1 Å². The predicted molar refractivity (Wildman–Crippen MR) is 91.8 cm³/mol. The Kier molecular flexibility index (Phi) is 3.98. The number of carbonyl (C=O) groups is 1. The Morgan fingerprint density at radius 2 is 1.87 bits per heavy atom. The van der Waals surface area contributed by atoms with E-state index in [1.54, 1.807) is 6.08 Å². The molecule has 3 aromatic rings. The first-order chi connectivity index (χ1) is 11.1. The van der Waals surface area contributed by atoms with Crippen LogP contribution in [-0.4, -0.2) is 20.1 Å². The van der Waals surface area contributed by atoms with E-state index < -0.39 is 0 Å². The van der Waals surface area contributed by atoms with Crippen LogP contribution in [0.15, 0.2) is 54.9 Å². The fraction of sp³-hybridized carbons (Fsp3) is 0.158. The van der Waals surface area contributed by atoms with Gasteiger partial charge in [0, 0.05) is 41.9 Å². The summed E-state index contributed by atoms with van der Waals surface area (Å²) < 4.78 is 3.81. The van der Waals surface area contributed by atoms with E-state index in [9.17, 15) is 4.79 Å². The molecule has 4 heteroatoms. The zero-order chi connectivity index (χ0) is 16.4. The molecule has 1 aromatic carbocycles. The topological polar surface area (TPSA) is 39.8 Å². The highest BCUT2D eigenvalue weighted by molar-refractivity contribution is 6.07. The Labute approximate surface area is 135 Å². The van der Waals surface area contributed by atoms with Crippen molar-refractivity contribution in [1.29, 1.82) is 0 Å². The second-order valence-electron chi connectivity index (χ2n) is 5.55. The zero-order valence-corrected chi connectivity index (χ0v) is 13.5. The van der Waals surface area contributed by atoms with Crippen LogP contribution < -0.4 is 0 Å². The Balaban J connectivity index is 1.86. The van der Waals surface area contributed by atoms with Gasteiger partial charge in [0.25, 0.3) is 0 Å². The Morgan fingerprint density at radius 3 is 2.52 bits per heavy atom. The summed E-state index contributed by atoms with van der Waals surface area (Å²) in [4.78, 5) is 12.4. The van der Waals surface area contributed by atoms with Crippen molar-refractivity contribution in [2.75, 3.05) is 0 Å². The second kappa shape index (κ2) is 6.08. The minimum Gasteiger partial charge on any atom is -0.324 e. The fourth-order valence-corrected chi connectivity index (χ4v) is 2.61. The molecule has 0 bridgehead atoms. The molecule has 0 fully saturated rings. The Hall–Kier alpha value is -2.88. The third-order valence-corrected chi connectivity index (χ3v) is 4.00. The number of rotatable bonds is 4. The van der Waals surface area contributed by atoms with Crippen LogP contribution >= 0.6 is 0 Å². The molecule has 3 rings (SSSR count). The molecule has 4 nitrogen and oxygen atoms in total. The van der Waals surface area contributed by atoms with E-state index in [0.717, 1.165) is 22.6 Å². The standard InChI is InChI=1S/C19H19N3O/c1-14-18(15(2)21(3)20-14)9-10-19(23)16-7-6-8-17(13-16)22-11-4-5-12-22/h4-13H,1-3H3/b10-9+. The molecule has 0 N–H and O–H groups in total. The maximum atomic E-state index is 12.4. The number of allylic oxidation sites excluding steroid dienone is 1. The molecular weight excluding hydrogens is 286 g/mol. The van der Waals surface area contributed by atoms with E-state index in [0.29, 0.717) is 5.56 Å². The summed E-state index contributed by atoms with van der Waals surface area (Å²) in [6.45, 7) is 3.95. The van der Waals surface area contributed by atoms with E-state index in [4.69, 9.17) is 0 Å². The molecule has 0 radical (unpaired) electrons. The zero-order valence-electron chi connectivity index (χ0n) is 13.5. The summed E-state index contributed by atoms with van der Waals surface area (Å²) in [5, 5.41) is 4.36. The Morgan fingerprint density at radius 1 is 1.13 bits per heavy atom. The molecule has 0 amide bonds. The molecule has 0 saturated carbocycles. The highest BCUT2D eigenvalue weighted by atomic mass is 16.1. The SMILES string of the molecule is Cc1nn(C)c(C)c1/C=C/C(=O)c1cccc(-n2cccc2)c1. The third kappa shape index (κ3) is 3.01. The minimum absolute atomic E-state index is 0.0124. The number of nitrogens with zero attached hydrogens (tertiary/aromatic N) is 3. The fourth-order valence-electron chi connectivity index (χ4n) is 2.61. The summed E-state index contributed by atoms with van der Waals surface area (Å²) >= 11 is 0. The predicted octanol–water partition coefficient (Wildman–Crippen LogP) is 3.72. The third-order valence-electron chi connectivity index (χ3n) is 4.00. The molecule has 0 aliphatic carbocycles. The average molecular weight is 305 g/mol. The van der Waals surface area contributed by atoms with Gasteiger partial charge in [-0.05, 0) is 50.3 Å². The van der Waals surface area contributed by atoms with Gasteiger partial charge < -0.3 is 4.57 Å². The molecule has 0 aliphatic rings. The quantitative estimate of drug-likeness (QED) is 0.544. The van der Waals surface area contributed by atoms with Crippen molar-refractivity contribution in [2.45, 2.75) is 13.8 Å². The van der Waals surface area contributed by atoms with Crippen molar-refractivity contribution in [3.8, 4) is 5.69 Å². The summed E-state index contributed by atoms with van der Waals surface area (Å²) in [5.74, 6) is -0.0124. The van der Waals surface area contributed by atoms with E-state index in [2.05, 4.69) is 5.10 Å². The number of aromatic nitrogens is 3. The van der Waals surface area contributed by atoms with Crippen LogP contribution in [0, 0.1) is 13.8 Å². The molecule has 0 spiro atoms. The minimum atomic E-state index is -0.0124. The summed E-state index contributed by atoms with van der Waals surface area (Å²) in [5.41, 5.74) is 4.62. The van der Waals surface area contributed by atoms with Crippen LogP contribution in [0.4, 0.5) is 0 Å². The first kappa shape index (κ1) is 15.0. The van der Waals surface area contributed by atoms with Gasteiger partial charge in [0.1, 0.15) is 0 Å². The summed E-state index contributed by atoms with van der Waals surface area (Å²) in [7, 11) is 1.90. The lowest BCUT2D eigenvalue weighted by atomic mass is 10.1. The second-order valence-corrected chi connectivity index (χ2v) is 5.55. The number of ketones is 1. The van der Waals surface area contributed by atoms with Crippen LogP contribution in [0.3, 0.4) is 0 Å². The maximum absolute atomic E-state index is 12.4. The number of benzene rings is 1. The van der Waals surface area contributed by atoms with Gasteiger partial charge in [-0.2, -0.15) is 5.10 Å². The molecule has 116 valence electrons. The lowest BCUT2D eigenvalue weighted by molar-refractivity contribution is 0.104. The maximum Gasteiger partial charge on any atom is 0.185 e. The first-order valence-corrected chi connectivity index (χ1v) is 7.52. The van der Waals surface area contributed by atoms with Crippen LogP contribution in [0.1, 0.15) is 27.3 Å². The van der Waals surface area contributed by atoms with Crippen molar-refractivity contribution in [2.24, 2.45) is 7.05 Å². The summed E-state index contributed by atoms with van der Waals surface area (Å²) in [6.07, 6.45) is 7.39. The van der Waals surface area contributed by atoms with Crippen LogP contribution in [0.5, 0.6) is 0 Å². The normalized spacial score (nSPS) is 11.3. The van der Waals surface area contributed by atoms with Crippen LogP contribution in [-0.2, 0) is 7.05 Å². The molecule has 0 unspecified atom stereocenters. The van der Waals surface area contributed by atoms with E-state index in [-0.39, 0.29) is 5.78 Å². The van der Waals surface area contributed by atoms with Crippen molar-refractivity contribution in [3.05, 3.63) is 77.4 Å². The first-order valence-electron chi connectivity index (χ1n) is 7.52. The van der Waals surface area contributed by atoms with Crippen molar-refractivity contribution >= 4 is 11.9 Å². The van der Waals surface area contributed by atoms with Crippen LogP contribution in [0.2, 0.25) is 0 Å². The highest BCUT2D eigenvalue weighted by Gasteiger charge is 2.08. The average Bonchev–Trinajstić information content (AvgIpc) is 3.16. The van der Waals surface area contributed by atoms with Crippen LogP contribution in [0.25, 0.3) is 11.8 Å². The van der Waals surface area contributed by atoms with Crippen molar-refractivity contribution < 1.29 is 4.79 Å². The van der Waals surface area contributed by atoms with Gasteiger partial charge in [0.05, 0.1) is 5.69 Å². The largest absolute Gasteiger partial charge is 0.324 e. The van der Waals surface area contributed by atoms with Crippen molar-refractivity contribution in [1.82, 2.24) is 14.3 Å². The van der Waals surface area contributed by atoms with Gasteiger partial charge in [-0.3, -0.25) is 9.48 Å². The van der Waals surface area contributed by atoms with Gasteiger partial charge in [0.15, 0.2) is 5.78 Å². The molecular formula is C19H19N3O. The molecule has 0 atom stereocenters. The van der Waals surface area contributed by atoms with Crippen molar-refractivity contribution in [3.63, 3.8) is 0 Å². The molecule has 2 heterocycles. The molecule has 23 heavy (non-hydrogen) atoms. The highest BCUT2D eigenvalue weighted by Crippen LogP contribution is 2.16. The van der Waals surface area contributed by atoms with Gasteiger partial charge in [-0.15, -0.1) is 0 Å². The van der Waals surface area contributed by atoms with E-state index >= 15 is 0 Å². The smallest absolute Gasteiger partial charge is 0.185 e. The van der Waals surface area contributed by atoms with E-state index in [1.165, 1.54) is 0 Å². The van der Waals surface area contributed by atoms with Gasteiger partial charge in [-0.25, -0.2) is 0 Å². The Bertz CT molecular complexity index is 870. The molecule has 0 saturated heterocycles. The van der Waals surface area contributed by atoms with E-state index in [1.807, 2.05) is 85.0 Å². The number of aryl methyl sites for hydroxylation is 2. The van der Waals surface area contributed by atoms with Gasteiger partial charge >= 0.3 is 0 Å².